The number of alkyl halides is 2. The fourth-order valence-corrected chi connectivity index (χ4v) is 3.76. The predicted molar refractivity (Wildman–Crippen MR) is 114 cm³/mol. The van der Waals surface area contributed by atoms with Gasteiger partial charge in [-0.3, -0.25) is 14.4 Å². The molecule has 2 amide bonds. The first-order valence-corrected chi connectivity index (χ1v) is 10.6. The number of rotatable bonds is 10. The summed E-state index contributed by atoms with van der Waals surface area (Å²) >= 11 is 1.13. The van der Waals surface area contributed by atoms with Gasteiger partial charge in [0, 0.05) is 18.3 Å². The van der Waals surface area contributed by atoms with Crippen LogP contribution in [-0.2, 0) is 16.1 Å². The van der Waals surface area contributed by atoms with Crippen molar-refractivity contribution in [3.8, 4) is 11.5 Å². The number of allylic oxidation sites excluding steroid dienone is 1. The van der Waals surface area contributed by atoms with Gasteiger partial charge in [0.15, 0.2) is 16.6 Å². The van der Waals surface area contributed by atoms with Gasteiger partial charge in [0.2, 0.25) is 5.91 Å². The number of nitrogens with zero attached hydrogens (tertiary/aromatic N) is 2. The van der Waals surface area contributed by atoms with Gasteiger partial charge in [0.05, 0.1) is 7.11 Å². The minimum absolute atomic E-state index is 0.0540. The Hall–Kier alpha value is -3.05. The lowest BCUT2D eigenvalue weighted by Gasteiger charge is -2.34. The van der Waals surface area contributed by atoms with Crippen molar-refractivity contribution >= 4 is 28.3 Å². The highest BCUT2D eigenvalue weighted by molar-refractivity contribution is 7.14. The Balaban J connectivity index is 1.55. The zero-order valence-corrected chi connectivity index (χ0v) is 18.4. The molecule has 32 heavy (non-hydrogen) atoms. The Morgan fingerprint density at radius 2 is 2.12 bits per heavy atom. The van der Waals surface area contributed by atoms with Crippen LogP contribution in [0.1, 0.15) is 28.9 Å². The normalized spacial score (nSPS) is 17.4. The molecule has 3 rings (SSSR count). The van der Waals surface area contributed by atoms with E-state index in [2.05, 4.69) is 21.6 Å². The number of amides is 2. The number of hydrogen-bond acceptors (Lipinski definition) is 7. The Kier molecular flexibility index (Phi) is 7.75. The summed E-state index contributed by atoms with van der Waals surface area (Å²) in [6.45, 7) is 0.693. The second-order valence-corrected chi connectivity index (χ2v) is 7.93. The van der Waals surface area contributed by atoms with Crippen LogP contribution >= 0.6 is 11.3 Å². The highest BCUT2D eigenvalue weighted by Gasteiger charge is 2.37. The molecule has 8 nitrogen and oxygen atoms in total. The molecule has 172 valence electrons. The van der Waals surface area contributed by atoms with E-state index in [9.17, 15) is 18.4 Å². The number of hydrogen-bond donors (Lipinski definition) is 1. The number of benzene rings is 1. The highest BCUT2D eigenvalue weighted by atomic mass is 32.1. The van der Waals surface area contributed by atoms with Gasteiger partial charge in [-0.2, -0.15) is 8.78 Å². The summed E-state index contributed by atoms with van der Waals surface area (Å²) in [5, 5.41) is 5.55. The average molecular weight is 467 g/mol. The molecule has 11 heteroatoms. The molecule has 0 aliphatic heterocycles. The molecule has 1 saturated carbocycles. The molecular formula is C21H23F2N3O5S. The summed E-state index contributed by atoms with van der Waals surface area (Å²) in [6.07, 6.45) is 2.76. The zero-order valence-electron chi connectivity index (χ0n) is 17.5. The molecule has 1 aromatic heterocycles. The van der Waals surface area contributed by atoms with Crippen LogP contribution in [0.15, 0.2) is 36.2 Å². The molecule has 1 fully saturated rings. The van der Waals surface area contributed by atoms with Crippen molar-refractivity contribution < 1.29 is 32.7 Å². The van der Waals surface area contributed by atoms with Crippen LogP contribution in [0.25, 0.3) is 0 Å². The molecular weight excluding hydrogens is 444 g/mol. The number of halogens is 2. The quantitative estimate of drug-likeness (QED) is 0.421. The number of carbonyl (C=O) groups excluding carboxylic acids is 2. The summed E-state index contributed by atoms with van der Waals surface area (Å²) in [5.74, 6) is -0.842. The van der Waals surface area contributed by atoms with Crippen LogP contribution in [0, 0.1) is 5.92 Å². The van der Waals surface area contributed by atoms with Gasteiger partial charge in [0.25, 0.3) is 5.91 Å². The van der Waals surface area contributed by atoms with Gasteiger partial charge in [-0.1, -0.05) is 12.1 Å². The van der Waals surface area contributed by atoms with E-state index >= 15 is 0 Å². The summed E-state index contributed by atoms with van der Waals surface area (Å²) in [4.78, 5) is 33.4. The summed E-state index contributed by atoms with van der Waals surface area (Å²) in [6, 6.07) is 4.74. The lowest BCUT2D eigenvalue weighted by molar-refractivity contribution is -0.125. The van der Waals surface area contributed by atoms with Crippen molar-refractivity contribution in [3.63, 3.8) is 0 Å². The van der Waals surface area contributed by atoms with E-state index in [1.165, 1.54) is 25.6 Å². The standard InChI is InChI=1S/C21H23F2N3O5S/c1-4-5-12-6-7-16(31-20(22)23)17(8-12)30-14-9-13(10-14)18(27)25-21-24-15(11-32-21)19(28)26(2)29-3/h4,6-8,11,13-14,20H,1,5,9-10H2,2-3H3,(H,24,25,27). The largest absolute Gasteiger partial charge is 0.486 e. The molecule has 1 aromatic carbocycles. The molecule has 0 unspecified atom stereocenters. The second kappa shape index (κ2) is 10.5. The van der Waals surface area contributed by atoms with Crippen LogP contribution in [0.4, 0.5) is 13.9 Å². The van der Waals surface area contributed by atoms with Crippen LogP contribution in [0.5, 0.6) is 11.5 Å². The average Bonchev–Trinajstić information content (AvgIpc) is 3.18. The maximum absolute atomic E-state index is 12.7. The number of carbonyl (C=O) groups is 2. The van der Waals surface area contributed by atoms with Crippen LogP contribution < -0.4 is 14.8 Å². The van der Waals surface area contributed by atoms with E-state index in [0.29, 0.717) is 24.4 Å². The molecule has 1 N–H and O–H groups in total. The predicted octanol–water partition coefficient (Wildman–Crippen LogP) is 3.90. The Labute approximate surface area is 187 Å². The van der Waals surface area contributed by atoms with Gasteiger partial charge < -0.3 is 14.8 Å². The number of ether oxygens (including phenoxy) is 2. The molecule has 0 saturated heterocycles. The van der Waals surface area contributed by atoms with Crippen molar-refractivity contribution in [2.75, 3.05) is 19.5 Å². The number of anilines is 1. The SMILES string of the molecule is C=CCc1ccc(OC(F)F)c(OC2CC(C(=O)Nc3nc(C(=O)N(C)OC)cs3)C2)c1. The summed E-state index contributed by atoms with van der Waals surface area (Å²) in [5.41, 5.74) is 1.01. The van der Waals surface area contributed by atoms with Crippen molar-refractivity contribution in [2.24, 2.45) is 5.92 Å². The lowest BCUT2D eigenvalue weighted by atomic mass is 9.81. The van der Waals surface area contributed by atoms with Gasteiger partial charge in [0.1, 0.15) is 11.8 Å². The second-order valence-electron chi connectivity index (χ2n) is 7.07. The molecule has 1 aliphatic carbocycles. The molecule has 0 atom stereocenters. The fourth-order valence-electron chi connectivity index (χ4n) is 3.07. The van der Waals surface area contributed by atoms with E-state index in [0.717, 1.165) is 22.0 Å². The number of hydroxylamine groups is 2. The summed E-state index contributed by atoms with van der Waals surface area (Å²) in [7, 11) is 2.82. The minimum atomic E-state index is -2.97. The van der Waals surface area contributed by atoms with E-state index in [4.69, 9.17) is 9.57 Å². The zero-order chi connectivity index (χ0) is 23.3. The van der Waals surface area contributed by atoms with E-state index in [1.54, 1.807) is 18.2 Å². The van der Waals surface area contributed by atoms with Crippen molar-refractivity contribution in [3.05, 3.63) is 47.5 Å². The van der Waals surface area contributed by atoms with Crippen molar-refractivity contribution in [1.29, 1.82) is 0 Å². The fraction of sp³-hybridized carbons (Fsp3) is 0.381. The third-order valence-electron chi connectivity index (χ3n) is 4.88. The smallest absolute Gasteiger partial charge is 0.387 e. The first-order valence-electron chi connectivity index (χ1n) is 9.74. The number of aromatic nitrogens is 1. The Bertz CT molecular complexity index is 978. The summed E-state index contributed by atoms with van der Waals surface area (Å²) < 4.78 is 35.7. The molecule has 0 radical (unpaired) electrons. The Morgan fingerprint density at radius 1 is 1.38 bits per heavy atom. The first-order chi connectivity index (χ1) is 15.3. The number of nitrogens with one attached hydrogen (secondary N) is 1. The molecule has 1 heterocycles. The van der Waals surface area contributed by atoms with E-state index < -0.39 is 12.5 Å². The monoisotopic (exact) mass is 467 g/mol. The molecule has 0 bridgehead atoms. The van der Waals surface area contributed by atoms with Gasteiger partial charge in [-0.05, 0) is 37.0 Å². The van der Waals surface area contributed by atoms with Crippen LogP contribution in [0.3, 0.4) is 0 Å². The van der Waals surface area contributed by atoms with Crippen LogP contribution in [-0.4, -0.2) is 48.7 Å². The van der Waals surface area contributed by atoms with Gasteiger partial charge in [-0.15, -0.1) is 17.9 Å². The lowest BCUT2D eigenvalue weighted by Crippen LogP contribution is -2.40. The van der Waals surface area contributed by atoms with Gasteiger partial charge >= 0.3 is 6.61 Å². The van der Waals surface area contributed by atoms with Gasteiger partial charge in [-0.25, -0.2) is 10.0 Å². The maximum Gasteiger partial charge on any atom is 0.387 e. The Morgan fingerprint density at radius 3 is 2.78 bits per heavy atom. The highest BCUT2D eigenvalue weighted by Crippen LogP contribution is 2.37. The number of thiazole rings is 1. The topological polar surface area (TPSA) is 90.0 Å². The molecule has 2 aromatic rings. The van der Waals surface area contributed by atoms with E-state index in [1.807, 2.05) is 0 Å². The molecule has 1 aliphatic rings. The molecule has 0 spiro atoms. The third-order valence-corrected chi connectivity index (χ3v) is 5.63. The van der Waals surface area contributed by atoms with Crippen molar-refractivity contribution in [2.45, 2.75) is 32.0 Å². The maximum atomic E-state index is 12.7. The minimum Gasteiger partial charge on any atom is -0.486 e. The van der Waals surface area contributed by atoms with Crippen molar-refractivity contribution in [1.82, 2.24) is 10.0 Å². The van der Waals surface area contributed by atoms with E-state index in [-0.39, 0.29) is 35.1 Å². The van der Waals surface area contributed by atoms with Crippen LogP contribution in [0.2, 0.25) is 0 Å². The first kappa shape index (κ1) is 23.6. The third kappa shape index (κ3) is 5.80.